The molecule has 7 nitrogen and oxygen atoms in total. The van der Waals surface area contributed by atoms with Gasteiger partial charge in [-0.2, -0.15) is 5.10 Å². The summed E-state index contributed by atoms with van der Waals surface area (Å²) in [6.45, 7) is 0.457. The zero-order valence-corrected chi connectivity index (χ0v) is 16.4. The second-order valence-electron chi connectivity index (χ2n) is 7.58. The van der Waals surface area contributed by atoms with Gasteiger partial charge in [-0.1, -0.05) is 24.3 Å². The molecule has 4 aromatic heterocycles. The first-order valence-corrected chi connectivity index (χ1v) is 10.0. The number of pyridine rings is 2. The molecule has 0 saturated heterocycles. The van der Waals surface area contributed by atoms with Gasteiger partial charge in [0.2, 0.25) is 0 Å². The summed E-state index contributed by atoms with van der Waals surface area (Å²) >= 11 is 0. The van der Waals surface area contributed by atoms with E-state index in [0.29, 0.717) is 13.0 Å². The SMILES string of the molecule is O=C(c1cnn2cccc(F)c12)N1CCc2[nH]cnc2[C@H]1c1cc2ccccc2cn1. The Morgan fingerprint density at radius 3 is 2.87 bits per heavy atom. The first-order chi connectivity index (χ1) is 15.2. The minimum atomic E-state index is -0.485. The summed E-state index contributed by atoms with van der Waals surface area (Å²) in [7, 11) is 0. The van der Waals surface area contributed by atoms with Crippen LogP contribution in [0.3, 0.4) is 0 Å². The molecule has 0 radical (unpaired) electrons. The fourth-order valence-corrected chi connectivity index (χ4v) is 4.36. The van der Waals surface area contributed by atoms with Crippen molar-refractivity contribution >= 4 is 22.2 Å². The van der Waals surface area contributed by atoms with Crippen molar-refractivity contribution in [1.29, 1.82) is 0 Å². The van der Waals surface area contributed by atoms with Crippen molar-refractivity contribution in [2.24, 2.45) is 0 Å². The van der Waals surface area contributed by atoms with Gasteiger partial charge in [0, 0.05) is 36.4 Å². The monoisotopic (exact) mass is 412 g/mol. The number of hydrogen-bond acceptors (Lipinski definition) is 4. The van der Waals surface area contributed by atoms with E-state index in [-0.39, 0.29) is 17.0 Å². The van der Waals surface area contributed by atoms with Crippen LogP contribution >= 0.6 is 0 Å². The molecule has 0 saturated carbocycles. The summed E-state index contributed by atoms with van der Waals surface area (Å²) in [5.41, 5.74) is 2.86. The summed E-state index contributed by atoms with van der Waals surface area (Å²) in [5.74, 6) is -0.782. The van der Waals surface area contributed by atoms with Crippen LogP contribution in [0.25, 0.3) is 16.3 Å². The number of hydrogen-bond donors (Lipinski definition) is 1. The molecule has 152 valence electrons. The molecule has 0 unspecified atom stereocenters. The fraction of sp³-hybridized carbons (Fsp3) is 0.130. The van der Waals surface area contributed by atoms with Gasteiger partial charge in [-0.05, 0) is 23.6 Å². The van der Waals surface area contributed by atoms with E-state index in [1.165, 1.54) is 16.8 Å². The van der Waals surface area contributed by atoms with E-state index < -0.39 is 11.9 Å². The predicted molar refractivity (Wildman–Crippen MR) is 112 cm³/mol. The van der Waals surface area contributed by atoms with E-state index in [1.54, 1.807) is 23.5 Å². The number of amides is 1. The predicted octanol–water partition coefficient (Wildman–Crippen LogP) is 3.53. The van der Waals surface area contributed by atoms with E-state index in [2.05, 4.69) is 20.1 Å². The Morgan fingerprint density at radius 1 is 1.10 bits per heavy atom. The largest absolute Gasteiger partial charge is 0.348 e. The Labute approximate surface area is 176 Å². The number of nitrogens with zero attached hydrogens (tertiary/aromatic N) is 5. The quantitative estimate of drug-likeness (QED) is 0.481. The maximum atomic E-state index is 14.5. The number of aromatic nitrogens is 5. The molecule has 1 aliphatic heterocycles. The van der Waals surface area contributed by atoms with Crippen LogP contribution < -0.4 is 0 Å². The highest BCUT2D eigenvalue weighted by atomic mass is 19.1. The number of carbonyl (C=O) groups is 1. The number of aromatic amines is 1. The molecule has 1 aromatic carbocycles. The van der Waals surface area contributed by atoms with E-state index in [4.69, 9.17) is 0 Å². The van der Waals surface area contributed by atoms with Gasteiger partial charge in [0.1, 0.15) is 17.4 Å². The molecule has 8 heteroatoms. The lowest BCUT2D eigenvalue weighted by molar-refractivity contribution is 0.0689. The van der Waals surface area contributed by atoms with Crippen LogP contribution in [0.5, 0.6) is 0 Å². The maximum absolute atomic E-state index is 14.5. The Balaban J connectivity index is 1.50. The molecule has 6 rings (SSSR count). The van der Waals surface area contributed by atoms with Crippen molar-refractivity contribution < 1.29 is 9.18 Å². The van der Waals surface area contributed by atoms with Gasteiger partial charge < -0.3 is 9.88 Å². The molecular weight excluding hydrogens is 395 g/mol. The molecule has 5 aromatic rings. The number of carbonyl (C=O) groups excluding carboxylic acids is 1. The van der Waals surface area contributed by atoms with Crippen LogP contribution in [-0.4, -0.2) is 41.9 Å². The van der Waals surface area contributed by atoms with Crippen LogP contribution in [0, 0.1) is 5.82 Å². The summed E-state index contributed by atoms with van der Waals surface area (Å²) in [4.78, 5) is 27.7. The van der Waals surface area contributed by atoms with Gasteiger partial charge in [0.25, 0.3) is 5.91 Å². The van der Waals surface area contributed by atoms with Gasteiger partial charge in [-0.25, -0.2) is 13.9 Å². The van der Waals surface area contributed by atoms with Gasteiger partial charge in [-0.3, -0.25) is 9.78 Å². The second kappa shape index (κ2) is 6.73. The zero-order chi connectivity index (χ0) is 20.9. The number of fused-ring (bicyclic) bond motifs is 3. The smallest absolute Gasteiger partial charge is 0.258 e. The number of halogens is 1. The van der Waals surface area contributed by atoms with Gasteiger partial charge in [0.05, 0.1) is 29.5 Å². The van der Waals surface area contributed by atoms with Crippen LogP contribution in [0.1, 0.15) is 33.5 Å². The third-order valence-electron chi connectivity index (χ3n) is 5.84. The topological polar surface area (TPSA) is 79.2 Å². The standard InChI is InChI=1S/C23H17FN6O/c24-17-6-3-8-30-21(17)16(12-28-30)23(31)29-9-7-18-20(27-13-26-18)22(29)19-10-14-4-1-2-5-15(14)11-25-19/h1-6,8,10-13,22H,7,9H2,(H,26,27)/t22-/m1/s1. The first-order valence-electron chi connectivity index (χ1n) is 10.0. The number of benzene rings is 1. The molecule has 31 heavy (non-hydrogen) atoms. The van der Waals surface area contributed by atoms with E-state index in [1.807, 2.05) is 36.5 Å². The molecule has 0 spiro atoms. The van der Waals surface area contributed by atoms with Crippen molar-refractivity contribution in [2.75, 3.05) is 6.54 Å². The lowest BCUT2D eigenvalue weighted by atomic mass is 9.97. The average molecular weight is 412 g/mol. The average Bonchev–Trinajstić information content (AvgIpc) is 3.45. The minimum absolute atomic E-state index is 0.172. The van der Waals surface area contributed by atoms with Crippen molar-refractivity contribution in [3.05, 3.63) is 95.8 Å². The summed E-state index contributed by atoms with van der Waals surface area (Å²) in [6, 6.07) is 12.3. The molecule has 5 heterocycles. The fourth-order valence-electron chi connectivity index (χ4n) is 4.36. The highest BCUT2D eigenvalue weighted by Gasteiger charge is 2.36. The lowest BCUT2D eigenvalue weighted by Gasteiger charge is -2.34. The Bertz CT molecular complexity index is 1460. The number of imidazole rings is 1. The molecule has 0 bridgehead atoms. The zero-order valence-electron chi connectivity index (χ0n) is 16.4. The maximum Gasteiger partial charge on any atom is 0.258 e. The van der Waals surface area contributed by atoms with Crippen molar-refractivity contribution in [3.63, 3.8) is 0 Å². The normalized spacial score (nSPS) is 16.0. The first kappa shape index (κ1) is 17.8. The van der Waals surface area contributed by atoms with Crippen molar-refractivity contribution in [2.45, 2.75) is 12.5 Å². The summed E-state index contributed by atoms with van der Waals surface area (Å²) < 4.78 is 15.9. The minimum Gasteiger partial charge on any atom is -0.348 e. The van der Waals surface area contributed by atoms with Crippen LogP contribution in [0.4, 0.5) is 4.39 Å². The van der Waals surface area contributed by atoms with Crippen molar-refractivity contribution in [1.82, 2.24) is 29.5 Å². The summed E-state index contributed by atoms with van der Waals surface area (Å²) in [6.07, 6.45) is 7.13. The van der Waals surface area contributed by atoms with Crippen molar-refractivity contribution in [3.8, 4) is 0 Å². The number of H-pyrrole nitrogens is 1. The van der Waals surface area contributed by atoms with E-state index in [9.17, 15) is 9.18 Å². The molecular formula is C23H17FN6O. The van der Waals surface area contributed by atoms with E-state index in [0.717, 1.165) is 27.9 Å². The Morgan fingerprint density at radius 2 is 1.97 bits per heavy atom. The third-order valence-corrected chi connectivity index (χ3v) is 5.84. The Kier molecular flexibility index (Phi) is 3.86. The highest BCUT2D eigenvalue weighted by molar-refractivity contribution is 6.01. The molecule has 0 fully saturated rings. The highest BCUT2D eigenvalue weighted by Crippen LogP contribution is 2.35. The molecule has 1 aliphatic rings. The molecule has 1 amide bonds. The van der Waals surface area contributed by atoms with Crippen LogP contribution in [-0.2, 0) is 6.42 Å². The summed E-state index contributed by atoms with van der Waals surface area (Å²) in [5, 5.41) is 6.21. The van der Waals surface area contributed by atoms with Gasteiger partial charge in [-0.15, -0.1) is 0 Å². The molecule has 1 N–H and O–H groups in total. The molecule has 1 atom stereocenters. The second-order valence-corrected chi connectivity index (χ2v) is 7.58. The molecule has 0 aliphatic carbocycles. The number of rotatable bonds is 2. The third kappa shape index (κ3) is 2.72. The lowest BCUT2D eigenvalue weighted by Crippen LogP contribution is -2.41. The van der Waals surface area contributed by atoms with Crippen LogP contribution in [0.2, 0.25) is 0 Å². The van der Waals surface area contributed by atoms with Gasteiger partial charge >= 0.3 is 0 Å². The van der Waals surface area contributed by atoms with E-state index >= 15 is 0 Å². The van der Waals surface area contributed by atoms with Crippen LogP contribution in [0.15, 0.2) is 67.4 Å². The Hall–Kier alpha value is -4.07. The number of nitrogens with one attached hydrogen (secondary N) is 1. The van der Waals surface area contributed by atoms with Gasteiger partial charge in [0.15, 0.2) is 0 Å².